The van der Waals surface area contributed by atoms with Crippen molar-refractivity contribution < 1.29 is 31.1 Å². The topological polar surface area (TPSA) is 109 Å². The fourth-order valence-electron chi connectivity index (χ4n) is 5.63. The van der Waals surface area contributed by atoms with Gasteiger partial charge in [-0.3, -0.25) is 0 Å². The molecule has 0 saturated carbocycles. The van der Waals surface area contributed by atoms with Crippen LogP contribution in [-0.2, 0) is 21.8 Å². The second kappa shape index (κ2) is 11.0. The molecular weight excluding hydrogens is 593 g/mol. The lowest BCUT2D eigenvalue weighted by molar-refractivity contribution is 0.241. The van der Waals surface area contributed by atoms with Crippen LogP contribution >= 0.6 is 0 Å². The SMILES string of the molecule is CC(C)NCc1cc(F)c(-c2ncc(C3(C)CCOc4ccccc43)[nH]2)cc1Oc1c(F)c(F)c2[nH]ccc2c1S(C)(=O)=O. The minimum absolute atomic E-state index is 0.00159. The van der Waals surface area contributed by atoms with Crippen LogP contribution in [0.25, 0.3) is 22.3 Å². The molecule has 1 aliphatic rings. The van der Waals surface area contributed by atoms with E-state index >= 15 is 13.2 Å². The van der Waals surface area contributed by atoms with Crippen LogP contribution in [0.1, 0.15) is 44.0 Å². The molecule has 3 aromatic carbocycles. The van der Waals surface area contributed by atoms with E-state index in [9.17, 15) is 8.42 Å². The van der Waals surface area contributed by atoms with Crippen molar-refractivity contribution in [2.75, 3.05) is 12.9 Å². The number of rotatable bonds is 8. The molecule has 6 rings (SSSR count). The van der Waals surface area contributed by atoms with Gasteiger partial charge in [0.05, 0.1) is 17.7 Å². The Morgan fingerprint density at radius 2 is 1.91 bits per heavy atom. The second-order valence-electron chi connectivity index (χ2n) is 11.5. The molecule has 44 heavy (non-hydrogen) atoms. The van der Waals surface area contributed by atoms with Gasteiger partial charge in [0, 0.05) is 58.9 Å². The molecule has 0 bridgehead atoms. The van der Waals surface area contributed by atoms with Crippen LogP contribution in [-0.4, -0.2) is 42.3 Å². The molecule has 3 heterocycles. The Balaban J connectivity index is 1.48. The fraction of sp³-hybridized carbons (Fsp3) is 0.281. The third kappa shape index (κ3) is 5.11. The van der Waals surface area contributed by atoms with Crippen LogP contribution in [0.5, 0.6) is 17.2 Å². The zero-order valence-electron chi connectivity index (χ0n) is 24.5. The average Bonchev–Trinajstić information content (AvgIpc) is 3.66. The molecule has 1 aliphatic heterocycles. The van der Waals surface area contributed by atoms with E-state index in [1.807, 2.05) is 38.1 Å². The number of fused-ring (bicyclic) bond motifs is 2. The molecule has 1 unspecified atom stereocenters. The van der Waals surface area contributed by atoms with Crippen molar-refractivity contribution in [2.24, 2.45) is 0 Å². The number of imidazole rings is 1. The van der Waals surface area contributed by atoms with Gasteiger partial charge >= 0.3 is 0 Å². The van der Waals surface area contributed by atoms with Crippen molar-refractivity contribution in [1.29, 1.82) is 0 Å². The summed E-state index contributed by atoms with van der Waals surface area (Å²) >= 11 is 0. The highest BCUT2D eigenvalue weighted by atomic mass is 32.2. The minimum Gasteiger partial charge on any atom is -0.493 e. The van der Waals surface area contributed by atoms with E-state index < -0.39 is 43.3 Å². The first-order valence-electron chi connectivity index (χ1n) is 14.1. The third-order valence-corrected chi connectivity index (χ3v) is 9.16. The Labute approximate surface area is 252 Å². The highest BCUT2D eigenvalue weighted by Gasteiger charge is 2.37. The molecule has 0 radical (unpaired) electrons. The van der Waals surface area contributed by atoms with Crippen molar-refractivity contribution >= 4 is 20.7 Å². The molecule has 8 nitrogen and oxygen atoms in total. The molecule has 12 heteroatoms. The third-order valence-electron chi connectivity index (χ3n) is 8.01. The maximum Gasteiger partial charge on any atom is 0.204 e. The summed E-state index contributed by atoms with van der Waals surface area (Å²) in [5.74, 6) is -3.34. The maximum atomic E-state index is 15.7. The summed E-state index contributed by atoms with van der Waals surface area (Å²) in [5.41, 5.74) is 1.18. The smallest absolute Gasteiger partial charge is 0.204 e. The van der Waals surface area contributed by atoms with Crippen LogP contribution in [0.2, 0.25) is 0 Å². The summed E-state index contributed by atoms with van der Waals surface area (Å²) in [4.78, 5) is 9.74. The van der Waals surface area contributed by atoms with Gasteiger partial charge in [-0.2, -0.15) is 4.39 Å². The van der Waals surface area contributed by atoms with Gasteiger partial charge in [0.25, 0.3) is 0 Å². The van der Waals surface area contributed by atoms with Crippen LogP contribution in [0.3, 0.4) is 0 Å². The number of benzene rings is 3. The Morgan fingerprint density at radius 3 is 2.66 bits per heavy atom. The van der Waals surface area contributed by atoms with E-state index in [-0.39, 0.29) is 46.2 Å². The number of hydrogen-bond donors (Lipinski definition) is 3. The van der Waals surface area contributed by atoms with E-state index in [0.717, 1.165) is 23.3 Å². The molecule has 0 saturated heterocycles. The average molecular weight is 625 g/mol. The molecule has 230 valence electrons. The predicted octanol–water partition coefficient (Wildman–Crippen LogP) is 6.76. The van der Waals surface area contributed by atoms with Crippen LogP contribution in [0.4, 0.5) is 13.2 Å². The van der Waals surface area contributed by atoms with Crippen molar-refractivity contribution in [3.63, 3.8) is 0 Å². The van der Waals surface area contributed by atoms with Crippen molar-refractivity contribution in [2.45, 2.75) is 50.1 Å². The van der Waals surface area contributed by atoms with Gasteiger partial charge in [-0.15, -0.1) is 0 Å². The number of ether oxygens (including phenoxy) is 2. The summed E-state index contributed by atoms with van der Waals surface area (Å²) in [6, 6.07) is 11.6. The van der Waals surface area contributed by atoms with E-state index in [1.54, 1.807) is 6.20 Å². The van der Waals surface area contributed by atoms with Crippen molar-refractivity contribution in [3.05, 3.63) is 89.1 Å². The summed E-state index contributed by atoms with van der Waals surface area (Å²) in [6.07, 6.45) is 4.49. The minimum atomic E-state index is -4.11. The molecule has 5 aromatic rings. The van der Waals surface area contributed by atoms with E-state index in [0.29, 0.717) is 13.0 Å². The number of para-hydroxylation sites is 1. The van der Waals surface area contributed by atoms with Gasteiger partial charge in [0.2, 0.25) is 5.82 Å². The summed E-state index contributed by atoms with van der Waals surface area (Å²) in [6.45, 7) is 6.43. The van der Waals surface area contributed by atoms with Gasteiger partial charge in [0.1, 0.15) is 28.0 Å². The highest BCUT2D eigenvalue weighted by Crippen LogP contribution is 2.44. The largest absolute Gasteiger partial charge is 0.493 e. The molecule has 1 atom stereocenters. The standard InChI is InChI=1S/C32H31F3N4O4S/c1-17(2)37-15-18-13-22(33)20(31-38-16-25(39-31)32(3)10-12-42-23-8-6-5-7-21(23)32)14-24(18)43-29-27(35)26(34)28-19(9-11-36-28)30(29)44(4,40)41/h5-9,11,13-14,16-17,36-37H,10,12,15H2,1-4H3,(H,38,39). The predicted molar refractivity (Wildman–Crippen MR) is 160 cm³/mol. The first-order chi connectivity index (χ1) is 20.9. The molecule has 2 aromatic heterocycles. The number of aromatic amines is 2. The van der Waals surface area contributed by atoms with Crippen LogP contribution in [0.15, 0.2) is 59.8 Å². The van der Waals surface area contributed by atoms with E-state index in [4.69, 9.17) is 9.47 Å². The van der Waals surface area contributed by atoms with Crippen molar-refractivity contribution in [1.82, 2.24) is 20.3 Å². The number of nitrogens with one attached hydrogen (secondary N) is 3. The number of H-pyrrole nitrogens is 2. The van der Waals surface area contributed by atoms with Crippen LogP contribution in [0, 0.1) is 17.5 Å². The molecular formula is C32H31F3N4O4S. The first-order valence-corrected chi connectivity index (χ1v) is 16.0. The van der Waals surface area contributed by atoms with Gasteiger partial charge in [-0.1, -0.05) is 32.0 Å². The quantitative estimate of drug-likeness (QED) is 0.165. The lowest BCUT2D eigenvalue weighted by atomic mass is 9.75. The Bertz CT molecular complexity index is 2000. The first kappa shape index (κ1) is 29.8. The fourth-order valence-corrected chi connectivity index (χ4v) is 6.67. The molecule has 0 spiro atoms. The van der Waals surface area contributed by atoms with Gasteiger partial charge < -0.3 is 24.8 Å². The van der Waals surface area contributed by atoms with Crippen molar-refractivity contribution in [3.8, 4) is 28.6 Å². The number of hydrogen-bond acceptors (Lipinski definition) is 6. The maximum absolute atomic E-state index is 15.7. The zero-order chi connectivity index (χ0) is 31.4. The van der Waals surface area contributed by atoms with Gasteiger partial charge in [0.15, 0.2) is 21.4 Å². The number of nitrogens with zero attached hydrogens (tertiary/aromatic N) is 1. The van der Waals surface area contributed by atoms with Gasteiger partial charge in [-0.25, -0.2) is 22.2 Å². The lowest BCUT2D eigenvalue weighted by Crippen LogP contribution is -2.31. The number of halogens is 3. The Kier molecular flexibility index (Phi) is 7.45. The molecule has 0 fully saturated rings. The zero-order valence-corrected chi connectivity index (χ0v) is 25.3. The van der Waals surface area contributed by atoms with E-state index in [1.165, 1.54) is 24.4 Å². The van der Waals surface area contributed by atoms with Gasteiger partial charge in [-0.05, 0) is 37.6 Å². The van der Waals surface area contributed by atoms with Crippen LogP contribution < -0.4 is 14.8 Å². The Hall–Kier alpha value is -4.29. The summed E-state index contributed by atoms with van der Waals surface area (Å²) < 4.78 is 83.8. The molecule has 3 N–H and O–H groups in total. The van der Waals surface area contributed by atoms with E-state index in [2.05, 4.69) is 27.2 Å². The second-order valence-corrected chi connectivity index (χ2v) is 13.4. The highest BCUT2D eigenvalue weighted by molar-refractivity contribution is 7.91. The Morgan fingerprint density at radius 1 is 1.14 bits per heavy atom. The lowest BCUT2D eigenvalue weighted by Gasteiger charge is -2.34. The number of sulfone groups is 1. The summed E-state index contributed by atoms with van der Waals surface area (Å²) in [7, 11) is -4.11. The monoisotopic (exact) mass is 624 g/mol. The normalized spacial score (nSPS) is 16.7. The molecule has 0 aliphatic carbocycles. The number of aromatic nitrogens is 3. The summed E-state index contributed by atoms with van der Waals surface area (Å²) in [5, 5.41) is 3.10. The molecule has 0 amide bonds.